The fourth-order valence-electron chi connectivity index (χ4n) is 0.984. The first kappa shape index (κ1) is 8.04. The van der Waals surface area contributed by atoms with Crippen LogP contribution in [-0.4, -0.2) is 24.8 Å². The molecule has 0 aromatic heterocycles. The van der Waals surface area contributed by atoms with Crippen molar-refractivity contribution in [1.29, 1.82) is 0 Å². The minimum atomic E-state index is -0.182. The van der Waals surface area contributed by atoms with E-state index in [4.69, 9.17) is 4.74 Å². The predicted molar refractivity (Wildman–Crippen MR) is 41.2 cm³/mol. The molecule has 1 atom stereocenters. The second-order valence-corrected chi connectivity index (χ2v) is 2.42. The van der Waals surface area contributed by atoms with E-state index in [1.54, 1.807) is 6.92 Å². The second-order valence-electron chi connectivity index (χ2n) is 2.42. The number of hydrogen-bond donors (Lipinski definition) is 1. The van der Waals surface area contributed by atoms with Crippen LogP contribution in [0.25, 0.3) is 0 Å². The molecule has 4 heteroatoms. The van der Waals surface area contributed by atoms with Gasteiger partial charge in [0.1, 0.15) is 5.92 Å². The summed E-state index contributed by atoms with van der Waals surface area (Å²) in [6.07, 6.45) is 0. The van der Waals surface area contributed by atoms with Crippen molar-refractivity contribution in [3.8, 4) is 0 Å². The van der Waals surface area contributed by atoms with Crippen LogP contribution in [0.4, 0.5) is 0 Å². The van der Waals surface area contributed by atoms with E-state index in [0.717, 1.165) is 5.71 Å². The quantitative estimate of drug-likeness (QED) is 0.579. The highest BCUT2D eigenvalue weighted by Crippen LogP contribution is 2.06. The lowest BCUT2D eigenvalue weighted by Crippen LogP contribution is -2.25. The minimum Gasteiger partial charge on any atom is -0.465 e. The summed E-state index contributed by atoms with van der Waals surface area (Å²) >= 11 is 0. The molecule has 1 heterocycles. The monoisotopic (exact) mass is 156 g/mol. The maximum absolute atomic E-state index is 11.1. The third-order valence-electron chi connectivity index (χ3n) is 1.63. The van der Waals surface area contributed by atoms with Gasteiger partial charge in [-0.15, -0.1) is 0 Å². The van der Waals surface area contributed by atoms with Crippen LogP contribution in [0.15, 0.2) is 5.10 Å². The van der Waals surface area contributed by atoms with E-state index in [0.29, 0.717) is 13.2 Å². The Morgan fingerprint density at radius 3 is 3.09 bits per heavy atom. The molecule has 0 saturated carbocycles. The lowest BCUT2D eigenvalue weighted by molar-refractivity contribution is -0.145. The van der Waals surface area contributed by atoms with E-state index in [-0.39, 0.29) is 11.9 Å². The van der Waals surface area contributed by atoms with Gasteiger partial charge in [0.2, 0.25) is 0 Å². The van der Waals surface area contributed by atoms with Gasteiger partial charge < -0.3 is 10.2 Å². The van der Waals surface area contributed by atoms with Crippen molar-refractivity contribution >= 4 is 11.7 Å². The molecule has 1 rings (SSSR count). The summed E-state index contributed by atoms with van der Waals surface area (Å²) in [5.74, 6) is -0.353. The van der Waals surface area contributed by atoms with E-state index in [2.05, 4.69) is 10.5 Å². The molecule has 11 heavy (non-hydrogen) atoms. The number of nitrogens with one attached hydrogen (secondary N) is 1. The summed E-state index contributed by atoms with van der Waals surface area (Å²) in [4.78, 5) is 11.1. The van der Waals surface area contributed by atoms with Crippen LogP contribution in [0.1, 0.15) is 13.8 Å². The Hall–Kier alpha value is -1.06. The number of carbonyl (C=O) groups is 1. The fourth-order valence-corrected chi connectivity index (χ4v) is 0.984. The van der Waals surface area contributed by atoms with E-state index in [9.17, 15) is 4.79 Å². The molecule has 62 valence electrons. The Balaban J connectivity index is 2.48. The van der Waals surface area contributed by atoms with Gasteiger partial charge in [-0.3, -0.25) is 4.79 Å². The largest absolute Gasteiger partial charge is 0.465 e. The fraction of sp³-hybridized carbons (Fsp3) is 0.714. The van der Waals surface area contributed by atoms with Crippen LogP contribution in [0, 0.1) is 5.92 Å². The van der Waals surface area contributed by atoms with Crippen molar-refractivity contribution in [3.63, 3.8) is 0 Å². The molecule has 1 aliphatic heterocycles. The molecule has 0 saturated heterocycles. The Morgan fingerprint density at radius 2 is 2.64 bits per heavy atom. The van der Waals surface area contributed by atoms with Crippen molar-refractivity contribution in [1.82, 2.24) is 5.43 Å². The molecule has 0 radical (unpaired) electrons. The number of rotatable bonds is 2. The molecule has 1 unspecified atom stereocenters. The van der Waals surface area contributed by atoms with Gasteiger partial charge in [0, 0.05) is 0 Å². The molecule has 0 aliphatic carbocycles. The van der Waals surface area contributed by atoms with Crippen LogP contribution < -0.4 is 5.43 Å². The molecule has 0 bridgehead atoms. The van der Waals surface area contributed by atoms with Gasteiger partial charge in [0.15, 0.2) is 0 Å². The van der Waals surface area contributed by atoms with Gasteiger partial charge in [-0.2, -0.15) is 5.10 Å². The molecule has 1 aliphatic rings. The van der Waals surface area contributed by atoms with Crippen molar-refractivity contribution in [2.24, 2.45) is 11.0 Å². The van der Waals surface area contributed by atoms with Gasteiger partial charge in [-0.05, 0) is 13.8 Å². The van der Waals surface area contributed by atoms with Crippen LogP contribution in [-0.2, 0) is 9.53 Å². The van der Waals surface area contributed by atoms with Crippen LogP contribution in [0.3, 0.4) is 0 Å². The van der Waals surface area contributed by atoms with Crippen molar-refractivity contribution in [2.75, 3.05) is 13.2 Å². The Morgan fingerprint density at radius 1 is 1.91 bits per heavy atom. The van der Waals surface area contributed by atoms with Crippen LogP contribution in [0.5, 0.6) is 0 Å². The highest BCUT2D eigenvalue weighted by molar-refractivity contribution is 6.02. The highest BCUT2D eigenvalue weighted by Gasteiger charge is 2.26. The summed E-state index contributed by atoms with van der Waals surface area (Å²) in [6.45, 7) is 4.63. The number of esters is 1. The molecule has 0 amide bonds. The standard InChI is InChI=1S/C7H12N2O2/c1-3-11-7(10)6-4-8-9-5(6)2/h6,8H,3-4H2,1-2H3. The number of hydrazone groups is 1. The van der Waals surface area contributed by atoms with Gasteiger partial charge in [0.25, 0.3) is 0 Å². The van der Waals surface area contributed by atoms with E-state index >= 15 is 0 Å². The normalized spacial score (nSPS) is 22.4. The zero-order valence-electron chi connectivity index (χ0n) is 6.76. The van der Waals surface area contributed by atoms with Crippen molar-refractivity contribution in [3.05, 3.63) is 0 Å². The molecule has 0 spiro atoms. The Kier molecular flexibility index (Phi) is 2.46. The van der Waals surface area contributed by atoms with Crippen molar-refractivity contribution in [2.45, 2.75) is 13.8 Å². The first-order valence-corrected chi connectivity index (χ1v) is 3.69. The van der Waals surface area contributed by atoms with E-state index < -0.39 is 0 Å². The molecular weight excluding hydrogens is 144 g/mol. The lowest BCUT2D eigenvalue weighted by atomic mass is 10.1. The van der Waals surface area contributed by atoms with Crippen LogP contribution in [0.2, 0.25) is 0 Å². The van der Waals surface area contributed by atoms with Crippen molar-refractivity contribution < 1.29 is 9.53 Å². The van der Waals surface area contributed by atoms with Crippen LogP contribution >= 0.6 is 0 Å². The number of ether oxygens (including phenoxy) is 1. The van der Waals surface area contributed by atoms with E-state index in [1.807, 2.05) is 6.92 Å². The van der Waals surface area contributed by atoms with Gasteiger partial charge in [-0.25, -0.2) is 0 Å². The van der Waals surface area contributed by atoms with E-state index in [1.165, 1.54) is 0 Å². The number of carbonyl (C=O) groups excluding carboxylic acids is 1. The molecule has 0 aromatic rings. The average molecular weight is 156 g/mol. The SMILES string of the molecule is CCOC(=O)C1CNN=C1C. The topological polar surface area (TPSA) is 50.7 Å². The summed E-state index contributed by atoms with van der Waals surface area (Å²) in [7, 11) is 0. The second kappa shape index (κ2) is 3.37. The third kappa shape index (κ3) is 1.69. The highest BCUT2D eigenvalue weighted by atomic mass is 16.5. The zero-order valence-corrected chi connectivity index (χ0v) is 6.76. The van der Waals surface area contributed by atoms with Gasteiger partial charge in [-0.1, -0.05) is 0 Å². The Bertz CT molecular complexity index is 189. The molecule has 4 nitrogen and oxygen atoms in total. The molecule has 0 fully saturated rings. The summed E-state index contributed by atoms with van der Waals surface area (Å²) in [6, 6.07) is 0. The predicted octanol–water partition coefficient (Wildman–Crippen LogP) is 0.145. The smallest absolute Gasteiger partial charge is 0.316 e. The lowest BCUT2D eigenvalue weighted by Gasteiger charge is -2.06. The Labute approximate surface area is 65.6 Å². The average Bonchev–Trinajstić information content (AvgIpc) is 2.36. The molecule has 1 N–H and O–H groups in total. The summed E-state index contributed by atoms with van der Waals surface area (Å²) < 4.78 is 4.84. The van der Waals surface area contributed by atoms with Gasteiger partial charge in [0.05, 0.1) is 18.9 Å². The molecule has 0 aromatic carbocycles. The third-order valence-corrected chi connectivity index (χ3v) is 1.63. The number of hydrogen-bond acceptors (Lipinski definition) is 4. The first-order chi connectivity index (χ1) is 5.25. The summed E-state index contributed by atoms with van der Waals surface area (Å²) in [5, 5.41) is 3.89. The zero-order chi connectivity index (χ0) is 8.27. The maximum atomic E-state index is 11.1. The molecular formula is C7H12N2O2. The van der Waals surface area contributed by atoms with Gasteiger partial charge >= 0.3 is 5.97 Å². The summed E-state index contributed by atoms with van der Waals surface area (Å²) in [5.41, 5.74) is 3.56. The minimum absolute atomic E-state index is 0.171. The number of nitrogens with zero attached hydrogens (tertiary/aromatic N) is 1. The first-order valence-electron chi connectivity index (χ1n) is 3.69. The maximum Gasteiger partial charge on any atom is 0.316 e.